The van der Waals surface area contributed by atoms with Crippen LogP contribution in [0.5, 0.6) is 11.5 Å². The number of aromatic nitrogens is 3. The average molecular weight is 352 g/mol. The maximum atomic E-state index is 12.2. The van der Waals surface area contributed by atoms with Crippen LogP contribution < -0.4 is 14.8 Å². The summed E-state index contributed by atoms with van der Waals surface area (Å²) in [4.78, 5) is 16.4. The van der Waals surface area contributed by atoms with Crippen LogP contribution in [-0.2, 0) is 4.79 Å². The maximum absolute atomic E-state index is 12.2. The molecule has 26 heavy (non-hydrogen) atoms. The number of rotatable bonds is 5. The molecule has 7 nitrogen and oxygen atoms in total. The molecule has 0 radical (unpaired) electrons. The van der Waals surface area contributed by atoms with Crippen molar-refractivity contribution in [2.75, 3.05) is 18.5 Å². The lowest BCUT2D eigenvalue weighted by Crippen LogP contribution is -2.29. The van der Waals surface area contributed by atoms with Crippen LogP contribution in [0.2, 0.25) is 0 Å². The molecule has 1 N–H and O–H groups in total. The zero-order chi connectivity index (χ0) is 18.1. The third-order valence-corrected chi connectivity index (χ3v) is 4.44. The van der Waals surface area contributed by atoms with Crippen molar-refractivity contribution in [3.63, 3.8) is 0 Å². The van der Waals surface area contributed by atoms with Crippen molar-refractivity contribution >= 4 is 22.6 Å². The van der Waals surface area contributed by atoms with Gasteiger partial charge in [0.25, 0.3) is 0 Å². The van der Waals surface area contributed by atoms with E-state index in [1.807, 2.05) is 44.2 Å². The number of amides is 1. The minimum Gasteiger partial charge on any atom is -0.494 e. The first-order chi connectivity index (χ1) is 12.7. The first-order valence-corrected chi connectivity index (χ1v) is 8.72. The van der Waals surface area contributed by atoms with Gasteiger partial charge < -0.3 is 9.47 Å². The molecule has 2 aromatic carbocycles. The SMILES string of the molecule is CCOc1ccc2ccc(OCC)c([C@@H]3CC(=O)Nc4ncnn43)c2c1. The van der Waals surface area contributed by atoms with E-state index >= 15 is 0 Å². The summed E-state index contributed by atoms with van der Waals surface area (Å²) in [6, 6.07) is 9.65. The van der Waals surface area contributed by atoms with E-state index in [0.717, 1.165) is 27.8 Å². The molecule has 0 saturated heterocycles. The summed E-state index contributed by atoms with van der Waals surface area (Å²) < 4.78 is 13.3. The van der Waals surface area contributed by atoms with Crippen molar-refractivity contribution in [3.8, 4) is 11.5 Å². The highest BCUT2D eigenvalue weighted by atomic mass is 16.5. The van der Waals surface area contributed by atoms with Gasteiger partial charge in [0.1, 0.15) is 17.8 Å². The van der Waals surface area contributed by atoms with Gasteiger partial charge in [-0.05, 0) is 42.8 Å². The molecule has 1 aliphatic rings. The number of carbonyl (C=O) groups excluding carboxylic acids is 1. The maximum Gasteiger partial charge on any atom is 0.229 e. The van der Waals surface area contributed by atoms with Gasteiger partial charge in [0.2, 0.25) is 11.9 Å². The number of hydrogen-bond donors (Lipinski definition) is 1. The van der Waals surface area contributed by atoms with Gasteiger partial charge in [0.05, 0.1) is 25.7 Å². The smallest absolute Gasteiger partial charge is 0.229 e. The van der Waals surface area contributed by atoms with Crippen LogP contribution in [0, 0.1) is 0 Å². The van der Waals surface area contributed by atoms with Gasteiger partial charge in [-0.15, -0.1) is 0 Å². The number of ether oxygens (including phenoxy) is 2. The third-order valence-electron chi connectivity index (χ3n) is 4.44. The molecule has 0 bridgehead atoms. The molecule has 0 spiro atoms. The second-order valence-corrected chi connectivity index (χ2v) is 6.02. The molecule has 0 aliphatic carbocycles. The van der Waals surface area contributed by atoms with Crippen LogP contribution in [0.1, 0.15) is 31.9 Å². The molecular formula is C19H20N4O3. The van der Waals surface area contributed by atoms with Crippen molar-refractivity contribution in [1.29, 1.82) is 0 Å². The highest BCUT2D eigenvalue weighted by molar-refractivity contribution is 5.94. The van der Waals surface area contributed by atoms with E-state index in [0.29, 0.717) is 19.2 Å². The van der Waals surface area contributed by atoms with Gasteiger partial charge in [-0.3, -0.25) is 10.1 Å². The summed E-state index contributed by atoms with van der Waals surface area (Å²) in [6.45, 7) is 5.02. The lowest BCUT2D eigenvalue weighted by atomic mass is 9.94. The Labute approximate surface area is 150 Å². The van der Waals surface area contributed by atoms with Crippen molar-refractivity contribution in [1.82, 2.24) is 14.8 Å². The fourth-order valence-electron chi connectivity index (χ4n) is 3.41. The number of nitrogens with zero attached hydrogens (tertiary/aromatic N) is 3. The normalized spacial score (nSPS) is 16.2. The van der Waals surface area contributed by atoms with Crippen LogP contribution in [-0.4, -0.2) is 33.9 Å². The summed E-state index contributed by atoms with van der Waals surface area (Å²) in [5.74, 6) is 1.89. The van der Waals surface area contributed by atoms with E-state index < -0.39 is 0 Å². The predicted octanol–water partition coefficient (Wildman–Crippen LogP) is 3.16. The summed E-state index contributed by atoms with van der Waals surface area (Å²) in [7, 11) is 0. The quantitative estimate of drug-likeness (QED) is 0.763. The van der Waals surface area contributed by atoms with Gasteiger partial charge in [-0.2, -0.15) is 10.1 Å². The Bertz CT molecular complexity index is 961. The minimum absolute atomic E-state index is 0.0871. The summed E-state index contributed by atoms with van der Waals surface area (Å²) >= 11 is 0. The first kappa shape index (κ1) is 16.4. The predicted molar refractivity (Wildman–Crippen MR) is 97.7 cm³/mol. The van der Waals surface area contributed by atoms with E-state index in [1.165, 1.54) is 6.33 Å². The molecule has 0 unspecified atom stereocenters. The van der Waals surface area contributed by atoms with E-state index in [1.54, 1.807) is 4.68 Å². The molecule has 1 aromatic heterocycles. The monoisotopic (exact) mass is 352 g/mol. The lowest BCUT2D eigenvalue weighted by Gasteiger charge is -2.26. The van der Waals surface area contributed by atoms with Gasteiger partial charge in [0, 0.05) is 5.56 Å². The lowest BCUT2D eigenvalue weighted by molar-refractivity contribution is -0.117. The number of fused-ring (bicyclic) bond motifs is 2. The molecule has 1 amide bonds. The average Bonchev–Trinajstić information content (AvgIpc) is 3.10. The number of nitrogens with one attached hydrogen (secondary N) is 1. The second-order valence-electron chi connectivity index (χ2n) is 6.02. The minimum atomic E-state index is -0.289. The topological polar surface area (TPSA) is 78.3 Å². The molecule has 7 heteroatoms. The highest BCUT2D eigenvalue weighted by Gasteiger charge is 2.31. The highest BCUT2D eigenvalue weighted by Crippen LogP contribution is 2.40. The second kappa shape index (κ2) is 6.67. The van der Waals surface area contributed by atoms with Crippen LogP contribution in [0.3, 0.4) is 0 Å². The molecule has 0 fully saturated rings. The van der Waals surface area contributed by atoms with Crippen molar-refractivity contribution in [3.05, 3.63) is 42.2 Å². The Balaban J connectivity index is 1.96. The van der Waals surface area contributed by atoms with Crippen molar-refractivity contribution < 1.29 is 14.3 Å². The third kappa shape index (κ3) is 2.75. The fraction of sp³-hybridized carbons (Fsp3) is 0.316. The molecular weight excluding hydrogens is 332 g/mol. The van der Waals surface area contributed by atoms with Gasteiger partial charge in [-0.25, -0.2) is 4.68 Å². The molecule has 1 aliphatic heterocycles. The van der Waals surface area contributed by atoms with E-state index in [4.69, 9.17) is 9.47 Å². The number of anilines is 1. The fourth-order valence-corrected chi connectivity index (χ4v) is 3.41. The Kier molecular flexibility index (Phi) is 4.20. The molecule has 1 atom stereocenters. The van der Waals surface area contributed by atoms with Crippen molar-refractivity contribution in [2.45, 2.75) is 26.3 Å². The van der Waals surface area contributed by atoms with E-state index in [9.17, 15) is 4.79 Å². The van der Waals surface area contributed by atoms with Crippen molar-refractivity contribution in [2.24, 2.45) is 0 Å². The van der Waals surface area contributed by atoms with Crippen LogP contribution >= 0.6 is 0 Å². The first-order valence-electron chi connectivity index (χ1n) is 8.72. The van der Waals surface area contributed by atoms with Crippen LogP contribution in [0.25, 0.3) is 10.8 Å². The largest absolute Gasteiger partial charge is 0.494 e. The van der Waals surface area contributed by atoms with E-state index in [2.05, 4.69) is 15.4 Å². The molecule has 3 aromatic rings. The van der Waals surface area contributed by atoms with Gasteiger partial charge in [-0.1, -0.05) is 12.1 Å². The zero-order valence-corrected chi connectivity index (χ0v) is 14.7. The Morgan fingerprint density at radius 3 is 2.81 bits per heavy atom. The standard InChI is InChI=1S/C19H20N4O3/c1-3-25-13-7-5-12-6-8-16(26-4-2)18(14(12)9-13)15-10-17(24)22-19-20-11-21-23(15)19/h5-9,11,15H,3-4,10H2,1-2H3,(H,20,21,22,24)/t15-/m0/s1. The van der Waals surface area contributed by atoms with Gasteiger partial charge in [0.15, 0.2) is 0 Å². The molecule has 134 valence electrons. The Morgan fingerprint density at radius 2 is 2.00 bits per heavy atom. The number of benzene rings is 2. The summed E-state index contributed by atoms with van der Waals surface area (Å²) in [5.41, 5.74) is 0.924. The van der Waals surface area contributed by atoms with Gasteiger partial charge >= 0.3 is 0 Å². The Hall–Kier alpha value is -3.09. The molecule has 4 rings (SSSR count). The van der Waals surface area contributed by atoms with Crippen LogP contribution in [0.15, 0.2) is 36.7 Å². The molecule has 0 saturated carbocycles. The van der Waals surface area contributed by atoms with E-state index in [-0.39, 0.29) is 18.4 Å². The zero-order valence-electron chi connectivity index (χ0n) is 14.7. The van der Waals surface area contributed by atoms with Crippen LogP contribution in [0.4, 0.5) is 5.95 Å². The Morgan fingerprint density at radius 1 is 1.19 bits per heavy atom. The summed E-state index contributed by atoms with van der Waals surface area (Å²) in [5, 5.41) is 9.12. The summed E-state index contributed by atoms with van der Waals surface area (Å²) in [6.07, 6.45) is 1.72. The number of hydrogen-bond acceptors (Lipinski definition) is 5. The number of carbonyl (C=O) groups is 1. The molecule has 2 heterocycles.